The monoisotopic (exact) mass is 710 g/mol. The van der Waals surface area contributed by atoms with Crippen LogP contribution in [-0.4, -0.2) is 76.3 Å². The molecule has 9 heteroatoms. The van der Waals surface area contributed by atoms with Crippen LogP contribution in [-0.2, 0) is 21.4 Å². The Hall–Kier alpha value is -4.34. The Morgan fingerprint density at radius 3 is 2.72 bits per heavy atom. The molecule has 9 nitrogen and oxygen atoms in total. The molecule has 0 bridgehead atoms. The van der Waals surface area contributed by atoms with Gasteiger partial charge in [-0.1, -0.05) is 44.2 Å². The predicted molar refractivity (Wildman–Crippen MR) is 205 cm³/mol. The van der Waals surface area contributed by atoms with Crippen molar-refractivity contribution in [2.75, 3.05) is 45.7 Å². The lowest BCUT2D eigenvalue weighted by Gasteiger charge is -2.57. The van der Waals surface area contributed by atoms with Crippen LogP contribution in [0.5, 0.6) is 5.75 Å². The van der Waals surface area contributed by atoms with Crippen LogP contribution < -0.4 is 10.1 Å². The highest BCUT2D eigenvalue weighted by Gasteiger charge is 2.69. The largest absolute Gasteiger partial charge is 0.496 e. The van der Waals surface area contributed by atoms with Crippen molar-refractivity contribution in [3.05, 3.63) is 101 Å². The van der Waals surface area contributed by atoms with E-state index in [2.05, 4.69) is 91.6 Å². The summed E-state index contributed by atoms with van der Waals surface area (Å²) in [5, 5.41) is 5.34. The number of piperidine rings is 1. The van der Waals surface area contributed by atoms with Crippen molar-refractivity contribution >= 4 is 22.6 Å². The molecule has 2 saturated heterocycles. The molecule has 2 aromatic heterocycles. The van der Waals surface area contributed by atoms with Crippen molar-refractivity contribution in [2.24, 2.45) is 10.8 Å². The van der Waals surface area contributed by atoms with Gasteiger partial charge in [0.2, 0.25) is 0 Å². The molecule has 53 heavy (non-hydrogen) atoms. The summed E-state index contributed by atoms with van der Waals surface area (Å²) in [6.45, 7) is 8.95. The number of hydrogen-bond acceptors (Lipinski definition) is 7. The second kappa shape index (κ2) is 11.1. The highest BCUT2D eigenvalue weighted by atomic mass is 16.5. The quantitative estimate of drug-likeness (QED) is 0.166. The fraction of sp³-hybridized carbons (Fsp3) is 0.500. The minimum atomic E-state index is -0.406. The molecule has 1 N–H and O–H groups in total. The molecule has 2 fully saturated rings. The Kier molecular flexibility index (Phi) is 6.73. The summed E-state index contributed by atoms with van der Waals surface area (Å²) in [6.07, 6.45) is 18.2. The maximum atomic E-state index is 14.3. The average Bonchev–Trinajstić information content (AvgIpc) is 4.01. The first kappa shape index (κ1) is 32.1. The summed E-state index contributed by atoms with van der Waals surface area (Å²) >= 11 is 0. The fourth-order valence-electron chi connectivity index (χ4n) is 13.4. The first-order chi connectivity index (χ1) is 25.9. The van der Waals surface area contributed by atoms with Gasteiger partial charge in [-0.15, -0.1) is 0 Å². The van der Waals surface area contributed by atoms with Crippen LogP contribution in [0, 0.1) is 10.8 Å². The van der Waals surface area contributed by atoms with Crippen molar-refractivity contribution in [3.8, 4) is 5.75 Å². The molecular weight excluding hydrogens is 661 g/mol. The SMILES string of the molecule is CC[C@]12CCCN3CCc4c(n(c5ccccc45)[C@@H](c4cc5c(cc4OC)NC4=C(C(=O)OC)[C@H](n6ccnc6)[C@]6(CC)C=CCN7CC[C@@]45[C@@H]76)C1)[C@@H]32. The second-order valence-corrected chi connectivity index (χ2v) is 16.9. The van der Waals surface area contributed by atoms with E-state index in [0.717, 1.165) is 68.9 Å². The normalized spacial score (nSPS) is 33.7. The number of benzene rings is 2. The van der Waals surface area contributed by atoms with Gasteiger partial charge < -0.3 is 23.9 Å². The molecule has 8 heterocycles. The topological polar surface area (TPSA) is 76.8 Å². The zero-order valence-corrected chi connectivity index (χ0v) is 31.4. The van der Waals surface area contributed by atoms with Crippen LogP contribution in [0.15, 0.2) is 78.5 Å². The number of anilines is 1. The van der Waals surface area contributed by atoms with Crippen LogP contribution >= 0.6 is 0 Å². The Balaban J connectivity index is 1.19. The van der Waals surface area contributed by atoms with Gasteiger partial charge in [-0.2, -0.15) is 0 Å². The second-order valence-electron chi connectivity index (χ2n) is 16.9. The van der Waals surface area contributed by atoms with Crippen molar-refractivity contribution in [3.63, 3.8) is 0 Å². The number of methoxy groups -OCH3 is 2. The summed E-state index contributed by atoms with van der Waals surface area (Å²) in [6, 6.07) is 14.4. The van der Waals surface area contributed by atoms with Gasteiger partial charge in [0.1, 0.15) is 5.75 Å². The molecule has 0 unspecified atom stereocenters. The Labute approximate surface area is 311 Å². The molecular formula is C44H50N6O3. The lowest BCUT2D eigenvalue weighted by atomic mass is 9.53. The number of aromatic nitrogens is 3. The summed E-state index contributed by atoms with van der Waals surface area (Å²) in [4.78, 5) is 24.3. The van der Waals surface area contributed by atoms with E-state index in [4.69, 9.17) is 9.47 Å². The van der Waals surface area contributed by atoms with E-state index < -0.39 is 5.41 Å². The van der Waals surface area contributed by atoms with Gasteiger partial charge in [0.25, 0.3) is 0 Å². The minimum absolute atomic E-state index is 0.129. The van der Waals surface area contributed by atoms with Crippen LogP contribution in [0.25, 0.3) is 10.9 Å². The van der Waals surface area contributed by atoms with E-state index in [1.165, 1.54) is 48.5 Å². The number of fused-ring (bicyclic) bond motifs is 4. The number of ether oxygens (including phenoxy) is 2. The number of carbonyl (C=O) groups excluding carboxylic acids is 1. The highest BCUT2D eigenvalue weighted by molar-refractivity contribution is 5.95. The number of para-hydroxylation sites is 1. The van der Waals surface area contributed by atoms with Gasteiger partial charge in [-0.25, -0.2) is 9.78 Å². The molecule has 1 aliphatic carbocycles. The first-order valence-corrected chi connectivity index (χ1v) is 20.0. The number of rotatable bonds is 6. The molecule has 0 radical (unpaired) electrons. The lowest BCUT2D eigenvalue weighted by molar-refractivity contribution is -0.138. The molecule has 0 amide bonds. The standard InChI is InChI=1S/C44H50N6O3/c1-5-42-14-9-18-47-20-13-28-27-11-7-8-12-32(27)50(36(28)39(42)47)33(25-42)29-23-30-31(24-34(29)52-3)46-37-35(40(51)53-4)38(49-22-17-45-26-49)43(6-2)15-10-19-48-21-16-44(30,37)41(43)48/h7-8,10-12,15,17,22-24,26,33,38-39,41,46H,5-6,9,13-14,16,18-21,25H2,1-4H3/t33-,38+,39-,41+,42+,43+,44+/m1/s1. The highest BCUT2D eigenvalue weighted by Crippen LogP contribution is 2.68. The van der Waals surface area contributed by atoms with Gasteiger partial charge in [-0.3, -0.25) is 9.80 Å². The van der Waals surface area contributed by atoms with E-state index in [0.29, 0.717) is 11.6 Å². The Morgan fingerprint density at radius 2 is 1.92 bits per heavy atom. The van der Waals surface area contributed by atoms with Gasteiger partial charge in [-0.05, 0) is 80.2 Å². The zero-order valence-electron chi connectivity index (χ0n) is 31.4. The molecule has 4 aromatic rings. The summed E-state index contributed by atoms with van der Waals surface area (Å²) in [5.41, 5.74) is 9.25. The molecule has 6 aliphatic heterocycles. The number of carbonyl (C=O) groups is 1. The summed E-state index contributed by atoms with van der Waals surface area (Å²) < 4.78 is 17.0. The fourth-order valence-corrected chi connectivity index (χ4v) is 13.4. The number of nitrogens with zero attached hydrogens (tertiary/aromatic N) is 5. The lowest BCUT2D eigenvalue weighted by Crippen LogP contribution is -2.62. The Morgan fingerprint density at radius 1 is 1.04 bits per heavy atom. The van der Waals surface area contributed by atoms with Gasteiger partial charge >= 0.3 is 5.97 Å². The van der Waals surface area contributed by atoms with Gasteiger partial charge in [0, 0.05) is 83.1 Å². The van der Waals surface area contributed by atoms with E-state index in [9.17, 15) is 4.79 Å². The van der Waals surface area contributed by atoms with Crippen LogP contribution in [0.4, 0.5) is 5.69 Å². The summed E-state index contributed by atoms with van der Waals surface area (Å²) in [7, 11) is 3.35. The van der Waals surface area contributed by atoms with Crippen LogP contribution in [0.3, 0.4) is 0 Å². The molecule has 11 rings (SSSR count). The number of hydrogen-bond donors (Lipinski definition) is 1. The van der Waals surface area contributed by atoms with Crippen molar-refractivity contribution in [1.82, 2.24) is 23.9 Å². The summed E-state index contributed by atoms with van der Waals surface area (Å²) in [5.74, 6) is 0.646. The van der Waals surface area contributed by atoms with Crippen LogP contribution in [0.2, 0.25) is 0 Å². The number of esters is 1. The van der Waals surface area contributed by atoms with E-state index in [1.807, 2.05) is 25.8 Å². The minimum Gasteiger partial charge on any atom is -0.496 e. The molecule has 7 aliphatic rings. The smallest absolute Gasteiger partial charge is 0.337 e. The zero-order chi connectivity index (χ0) is 35.9. The molecule has 1 spiro atoms. The maximum Gasteiger partial charge on any atom is 0.337 e. The molecule has 7 atom stereocenters. The van der Waals surface area contributed by atoms with E-state index in [1.54, 1.807) is 11.3 Å². The third kappa shape index (κ3) is 3.80. The first-order valence-electron chi connectivity index (χ1n) is 20.0. The van der Waals surface area contributed by atoms with Gasteiger partial charge in [0.15, 0.2) is 0 Å². The Bertz CT molecular complexity index is 2250. The maximum absolute atomic E-state index is 14.3. The number of nitrogens with one attached hydrogen (secondary N) is 1. The van der Waals surface area contributed by atoms with Crippen molar-refractivity contribution in [1.29, 1.82) is 0 Å². The van der Waals surface area contributed by atoms with Gasteiger partial charge in [0.05, 0.1) is 49.7 Å². The van der Waals surface area contributed by atoms with E-state index in [-0.39, 0.29) is 34.9 Å². The predicted octanol–water partition coefficient (Wildman–Crippen LogP) is 7.31. The number of imidazole rings is 1. The third-order valence-electron chi connectivity index (χ3n) is 15.4. The molecule has 274 valence electrons. The molecule has 0 saturated carbocycles. The average molecular weight is 711 g/mol. The van der Waals surface area contributed by atoms with E-state index >= 15 is 0 Å². The van der Waals surface area contributed by atoms with Crippen LogP contribution in [0.1, 0.15) is 92.9 Å². The molecule has 2 aromatic carbocycles. The van der Waals surface area contributed by atoms with Crippen molar-refractivity contribution in [2.45, 2.75) is 88.4 Å². The third-order valence-corrected chi connectivity index (χ3v) is 15.4. The van der Waals surface area contributed by atoms with Crippen molar-refractivity contribution < 1.29 is 14.3 Å².